The van der Waals surface area contributed by atoms with Crippen molar-refractivity contribution >= 4 is 13.4 Å². The zero-order valence-electron chi connectivity index (χ0n) is 14.2. The van der Waals surface area contributed by atoms with E-state index in [2.05, 4.69) is 10.3 Å². The second-order valence-electron chi connectivity index (χ2n) is 4.77. The van der Waals surface area contributed by atoms with Crippen LogP contribution in [-0.4, -0.2) is 42.3 Å². The third-order valence-corrected chi connectivity index (χ3v) is 4.87. The van der Waals surface area contributed by atoms with Crippen LogP contribution in [0.5, 0.6) is 0 Å². The Balaban J connectivity index is 2.70. The van der Waals surface area contributed by atoms with Crippen LogP contribution in [0.4, 0.5) is 5.82 Å². The zero-order valence-corrected chi connectivity index (χ0v) is 15.0. The molecule has 0 amide bonds. The fourth-order valence-corrected chi connectivity index (χ4v) is 3.33. The Morgan fingerprint density at radius 2 is 1.96 bits per heavy atom. The van der Waals surface area contributed by atoms with Crippen LogP contribution < -0.4 is 11.0 Å². The number of hydrogen-bond acceptors (Lipinski definition) is 7. The lowest BCUT2D eigenvalue weighted by Crippen LogP contribution is -2.30. The molecule has 1 N–H and O–H groups in total. The normalized spacial score (nSPS) is 13.0. The predicted octanol–water partition coefficient (Wildman–Crippen LogP) is 2.30. The number of rotatable bonds is 11. The van der Waals surface area contributed by atoms with Crippen LogP contribution in [0.3, 0.4) is 0 Å². The van der Waals surface area contributed by atoms with E-state index in [0.29, 0.717) is 18.8 Å². The van der Waals surface area contributed by atoms with Crippen molar-refractivity contribution < 1.29 is 18.3 Å². The zero-order chi connectivity index (χ0) is 17.3. The van der Waals surface area contributed by atoms with E-state index in [1.807, 2.05) is 6.92 Å². The van der Waals surface area contributed by atoms with E-state index in [1.165, 1.54) is 4.57 Å². The van der Waals surface area contributed by atoms with Crippen LogP contribution >= 0.6 is 7.60 Å². The molecule has 0 aromatic carbocycles. The molecule has 8 nitrogen and oxygen atoms in total. The maximum Gasteiger partial charge on any atom is 0.356 e. The molecule has 0 fully saturated rings. The average Bonchev–Trinajstić information content (AvgIpc) is 2.53. The summed E-state index contributed by atoms with van der Waals surface area (Å²) in [7, 11) is -1.55. The van der Waals surface area contributed by atoms with E-state index < -0.39 is 7.60 Å². The molecule has 1 heterocycles. The number of hydrogen-bond donors (Lipinski definition) is 1. The summed E-state index contributed by atoms with van der Waals surface area (Å²) in [5.41, 5.74) is -0.364. The quantitative estimate of drug-likeness (QED) is 0.614. The average molecular weight is 347 g/mol. The molecule has 0 spiro atoms. The Bertz CT molecular complexity index is 568. The van der Waals surface area contributed by atoms with Gasteiger partial charge < -0.3 is 19.1 Å². The molecule has 1 rings (SSSR count). The molecule has 0 aliphatic heterocycles. The fourth-order valence-electron chi connectivity index (χ4n) is 1.93. The summed E-state index contributed by atoms with van der Waals surface area (Å²) >= 11 is 0. The molecule has 0 saturated carbocycles. The number of ether oxygens (including phenoxy) is 1. The van der Waals surface area contributed by atoms with Crippen LogP contribution in [-0.2, 0) is 24.9 Å². The summed E-state index contributed by atoms with van der Waals surface area (Å²) in [4.78, 5) is 15.8. The largest absolute Gasteiger partial charge is 0.373 e. The van der Waals surface area contributed by atoms with Crippen LogP contribution in [0, 0.1) is 0 Å². The van der Waals surface area contributed by atoms with Crippen molar-refractivity contribution in [1.82, 2.24) is 9.55 Å². The first-order valence-electron chi connectivity index (χ1n) is 7.72. The fraction of sp³-hybridized carbons (Fsp3) is 0.714. The van der Waals surface area contributed by atoms with Gasteiger partial charge in [0.25, 0.3) is 0 Å². The summed E-state index contributed by atoms with van der Waals surface area (Å²) in [5.74, 6) is 0.511. The van der Waals surface area contributed by atoms with E-state index in [4.69, 9.17) is 13.8 Å². The van der Waals surface area contributed by atoms with Crippen molar-refractivity contribution in [2.24, 2.45) is 0 Å². The maximum absolute atomic E-state index is 12.4. The van der Waals surface area contributed by atoms with Gasteiger partial charge in [-0.1, -0.05) is 6.92 Å². The number of anilines is 1. The minimum absolute atomic E-state index is 0.135. The molecule has 9 heteroatoms. The first kappa shape index (κ1) is 19.8. The molecule has 0 radical (unpaired) electrons. The van der Waals surface area contributed by atoms with E-state index >= 15 is 0 Å². The Hall–Kier alpha value is -1.21. The second-order valence-corrected chi connectivity index (χ2v) is 6.77. The van der Waals surface area contributed by atoms with Crippen LogP contribution in [0.25, 0.3) is 0 Å². The third kappa shape index (κ3) is 6.43. The molecule has 0 unspecified atom stereocenters. The van der Waals surface area contributed by atoms with Gasteiger partial charge in [-0.05, 0) is 26.3 Å². The monoisotopic (exact) mass is 347 g/mol. The van der Waals surface area contributed by atoms with Gasteiger partial charge in [-0.15, -0.1) is 0 Å². The lowest BCUT2D eigenvalue weighted by atomic mass is 10.3. The molecule has 1 atom stereocenters. The highest BCUT2D eigenvalue weighted by atomic mass is 31.2. The summed E-state index contributed by atoms with van der Waals surface area (Å²) in [6.07, 6.45) is 1.88. The molecule has 132 valence electrons. The molecule has 23 heavy (non-hydrogen) atoms. The van der Waals surface area contributed by atoms with Crippen molar-refractivity contribution in [2.45, 2.75) is 39.8 Å². The molecule has 0 aliphatic carbocycles. The van der Waals surface area contributed by atoms with E-state index in [-0.39, 0.29) is 31.4 Å². The van der Waals surface area contributed by atoms with Crippen molar-refractivity contribution in [3.8, 4) is 0 Å². The van der Waals surface area contributed by atoms with Gasteiger partial charge in [-0.25, -0.2) is 4.79 Å². The van der Waals surface area contributed by atoms with Gasteiger partial charge >= 0.3 is 13.3 Å². The van der Waals surface area contributed by atoms with Gasteiger partial charge in [0.05, 0.1) is 25.9 Å². The van der Waals surface area contributed by atoms with Crippen LogP contribution in [0.2, 0.25) is 0 Å². The van der Waals surface area contributed by atoms with Gasteiger partial charge in [0.15, 0.2) is 0 Å². The van der Waals surface area contributed by atoms with Crippen molar-refractivity contribution in [3.63, 3.8) is 0 Å². The maximum atomic E-state index is 12.4. The molecule has 0 saturated heterocycles. The highest BCUT2D eigenvalue weighted by molar-refractivity contribution is 7.53. The van der Waals surface area contributed by atoms with E-state index in [0.717, 1.165) is 0 Å². The number of nitrogens with zero attached hydrogens (tertiary/aromatic N) is 2. The SMILES string of the molecule is CCOP(=O)(CO[C@H](CC)Cn1ccc(NC)nc1=O)OCC. The van der Waals surface area contributed by atoms with E-state index in [9.17, 15) is 9.36 Å². The first-order valence-corrected chi connectivity index (χ1v) is 9.45. The summed E-state index contributed by atoms with van der Waals surface area (Å²) < 4.78 is 29.9. The van der Waals surface area contributed by atoms with Crippen LogP contribution in [0.1, 0.15) is 27.2 Å². The highest BCUT2D eigenvalue weighted by Crippen LogP contribution is 2.48. The minimum atomic E-state index is -3.25. The topological polar surface area (TPSA) is 91.7 Å². The van der Waals surface area contributed by atoms with Gasteiger partial charge in [0.2, 0.25) is 0 Å². The van der Waals surface area contributed by atoms with Crippen molar-refractivity contribution in [3.05, 3.63) is 22.7 Å². The van der Waals surface area contributed by atoms with Gasteiger partial charge in [-0.3, -0.25) is 9.13 Å². The predicted molar refractivity (Wildman–Crippen MR) is 88.9 cm³/mol. The minimum Gasteiger partial charge on any atom is -0.373 e. The lowest BCUT2D eigenvalue weighted by Gasteiger charge is -2.21. The highest BCUT2D eigenvalue weighted by Gasteiger charge is 2.25. The molecular formula is C14H26N3O5P. The summed E-state index contributed by atoms with van der Waals surface area (Å²) in [5, 5.41) is 2.81. The standard InChI is InChI=1S/C14H26N3O5P/c1-5-12(20-11-23(19,21-6-2)22-7-3)10-17-9-8-13(15-4)16-14(17)18/h8-9,12H,5-7,10-11H2,1-4H3,(H,15,16,18)/t12-/m1/s1. The second kappa shape index (κ2) is 9.82. The summed E-state index contributed by atoms with van der Waals surface area (Å²) in [6.45, 7) is 6.32. The Labute approximate surface area is 136 Å². The lowest BCUT2D eigenvalue weighted by molar-refractivity contribution is 0.0512. The smallest absolute Gasteiger partial charge is 0.356 e. The van der Waals surface area contributed by atoms with Crippen LogP contribution in [0.15, 0.2) is 17.1 Å². The molecular weight excluding hydrogens is 321 g/mol. The number of aromatic nitrogens is 2. The first-order chi connectivity index (χ1) is 11.0. The molecule has 1 aromatic rings. The van der Waals surface area contributed by atoms with E-state index in [1.54, 1.807) is 33.2 Å². The van der Waals surface area contributed by atoms with Gasteiger partial charge in [0.1, 0.15) is 12.2 Å². The Morgan fingerprint density at radius 3 is 2.43 bits per heavy atom. The number of nitrogens with one attached hydrogen (secondary N) is 1. The third-order valence-electron chi connectivity index (χ3n) is 3.11. The Kier molecular flexibility index (Phi) is 8.47. The molecule has 0 aliphatic rings. The summed E-state index contributed by atoms with van der Waals surface area (Å²) in [6, 6.07) is 1.71. The van der Waals surface area contributed by atoms with Crippen molar-refractivity contribution in [2.75, 3.05) is 31.9 Å². The Morgan fingerprint density at radius 1 is 1.30 bits per heavy atom. The molecule has 1 aromatic heterocycles. The van der Waals surface area contributed by atoms with Gasteiger partial charge in [0, 0.05) is 13.2 Å². The van der Waals surface area contributed by atoms with Crippen molar-refractivity contribution in [1.29, 1.82) is 0 Å². The van der Waals surface area contributed by atoms with Gasteiger partial charge in [-0.2, -0.15) is 4.98 Å². The molecule has 0 bridgehead atoms.